The summed E-state index contributed by atoms with van der Waals surface area (Å²) in [5.41, 5.74) is 2.55. The molecule has 5 rings (SSSR count). The number of aliphatic hydroxyl groups excluding tert-OH is 1. The zero-order chi connectivity index (χ0) is 28.7. The number of piperazine rings is 1. The predicted molar refractivity (Wildman–Crippen MR) is 148 cm³/mol. The van der Waals surface area contributed by atoms with Crippen molar-refractivity contribution in [3.05, 3.63) is 70.4 Å². The Morgan fingerprint density at radius 3 is 2.30 bits per heavy atom. The van der Waals surface area contributed by atoms with Crippen molar-refractivity contribution in [2.24, 2.45) is 0 Å². The minimum atomic E-state index is -4.46. The Kier molecular flexibility index (Phi) is 8.17. The van der Waals surface area contributed by atoms with Crippen LogP contribution in [0.1, 0.15) is 16.8 Å². The average molecular weight is 598 g/mol. The first-order valence-corrected chi connectivity index (χ1v) is 15.2. The molecular weight excluding hydrogens is 567 g/mol. The largest absolute Gasteiger partial charge is 0.416 e. The van der Waals surface area contributed by atoms with Gasteiger partial charge in [-0.3, -0.25) is 9.58 Å². The maximum absolute atomic E-state index is 13.1. The van der Waals surface area contributed by atoms with Gasteiger partial charge in [0, 0.05) is 69.1 Å². The van der Waals surface area contributed by atoms with Gasteiger partial charge in [0.05, 0.1) is 40.9 Å². The Morgan fingerprint density at radius 1 is 1.00 bits per heavy atom. The summed E-state index contributed by atoms with van der Waals surface area (Å²) < 4.78 is 66.9. The number of anilines is 1. The first-order chi connectivity index (χ1) is 18.9. The van der Waals surface area contributed by atoms with Crippen LogP contribution in [-0.2, 0) is 35.7 Å². The fourth-order valence-corrected chi connectivity index (χ4v) is 6.43. The van der Waals surface area contributed by atoms with E-state index in [0.29, 0.717) is 34.8 Å². The van der Waals surface area contributed by atoms with Crippen LogP contribution in [0.3, 0.4) is 0 Å². The van der Waals surface area contributed by atoms with Crippen molar-refractivity contribution in [1.29, 1.82) is 0 Å². The van der Waals surface area contributed by atoms with E-state index >= 15 is 0 Å². The lowest BCUT2D eigenvalue weighted by Crippen LogP contribution is -2.49. The molecule has 0 aliphatic carbocycles. The second-order valence-corrected chi connectivity index (χ2v) is 12.7. The lowest BCUT2D eigenvalue weighted by atomic mass is 10.0. The van der Waals surface area contributed by atoms with E-state index in [2.05, 4.69) is 14.9 Å². The van der Waals surface area contributed by atoms with Gasteiger partial charge in [-0.05, 0) is 24.3 Å². The highest BCUT2D eigenvalue weighted by molar-refractivity contribution is 7.88. The van der Waals surface area contributed by atoms with E-state index in [1.807, 2.05) is 24.3 Å². The van der Waals surface area contributed by atoms with E-state index in [1.54, 1.807) is 4.68 Å². The van der Waals surface area contributed by atoms with Crippen LogP contribution in [0.15, 0.2) is 48.5 Å². The van der Waals surface area contributed by atoms with Gasteiger partial charge in [-0.15, -0.1) is 0 Å². The Bertz CT molecular complexity index is 1460. The molecule has 0 radical (unpaired) electrons. The molecule has 13 heteroatoms. The quantitative estimate of drug-likeness (QED) is 0.447. The first kappa shape index (κ1) is 28.9. The van der Waals surface area contributed by atoms with Gasteiger partial charge in [0.15, 0.2) is 0 Å². The summed E-state index contributed by atoms with van der Waals surface area (Å²) in [6.45, 7) is 4.00. The topological polar surface area (TPSA) is 81.9 Å². The van der Waals surface area contributed by atoms with Crippen molar-refractivity contribution in [3.8, 4) is 11.3 Å². The van der Waals surface area contributed by atoms with Gasteiger partial charge in [-0.1, -0.05) is 35.9 Å². The number of benzene rings is 2. The highest BCUT2D eigenvalue weighted by Crippen LogP contribution is 2.34. The Morgan fingerprint density at radius 2 is 1.68 bits per heavy atom. The van der Waals surface area contributed by atoms with Crippen molar-refractivity contribution < 1.29 is 26.7 Å². The summed E-state index contributed by atoms with van der Waals surface area (Å²) in [4.78, 5) is 4.40. The Hall–Kier alpha value is -2.64. The molecule has 1 unspecified atom stereocenters. The molecule has 8 nitrogen and oxygen atoms in total. The van der Waals surface area contributed by atoms with Crippen LogP contribution >= 0.6 is 11.6 Å². The first-order valence-electron chi connectivity index (χ1n) is 13.0. The van der Waals surface area contributed by atoms with Gasteiger partial charge < -0.3 is 10.0 Å². The molecule has 1 atom stereocenters. The van der Waals surface area contributed by atoms with Crippen LogP contribution in [0, 0.1) is 0 Å². The lowest BCUT2D eigenvalue weighted by molar-refractivity contribution is -0.137. The summed E-state index contributed by atoms with van der Waals surface area (Å²) in [6.07, 6.45) is -3.69. The summed E-state index contributed by atoms with van der Waals surface area (Å²) in [5, 5.41) is 16.4. The van der Waals surface area contributed by atoms with Crippen molar-refractivity contribution in [2.75, 3.05) is 50.4 Å². The number of aliphatic hydroxyl groups is 1. The fraction of sp³-hybridized carbons (Fsp3) is 0.444. The number of alkyl halides is 3. The van der Waals surface area contributed by atoms with Crippen molar-refractivity contribution in [1.82, 2.24) is 19.0 Å². The minimum absolute atomic E-state index is 0.0740. The number of nitrogens with zero attached hydrogens (tertiary/aromatic N) is 5. The number of fused-ring (bicyclic) bond motifs is 1. The van der Waals surface area contributed by atoms with Crippen LogP contribution < -0.4 is 4.90 Å². The third-order valence-electron chi connectivity index (χ3n) is 7.47. The molecule has 3 aromatic rings. The number of hydrogen-bond donors (Lipinski definition) is 1. The average Bonchev–Trinajstić information content (AvgIpc) is 3.26. The van der Waals surface area contributed by atoms with Crippen LogP contribution in [0.4, 0.5) is 18.9 Å². The van der Waals surface area contributed by atoms with Crippen LogP contribution in [-0.4, -0.2) is 84.1 Å². The predicted octanol–water partition coefficient (Wildman–Crippen LogP) is 3.72. The number of rotatable bonds is 7. The molecule has 0 amide bonds. The van der Waals surface area contributed by atoms with Crippen molar-refractivity contribution in [3.63, 3.8) is 0 Å². The molecule has 1 N–H and O–H groups in total. The highest BCUT2D eigenvalue weighted by atomic mass is 35.5. The summed E-state index contributed by atoms with van der Waals surface area (Å²) in [5.74, 6) is 0. The van der Waals surface area contributed by atoms with E-state index in [-0.39, 0.29) is 19.6 Å². The molecule has 1 saturated heterocycles. The number of halogens is 4. The van der Waals surface area contributed by atoms with Gasteiger partial charge in [0.1, 0.15) is 0 Å². The maximum atomic E-state index is 13.1. The molecule has 1 aromatic heterocycles. The standard InChI is InChI=1S/C27H31ClF3N5O3S/c1-40(38,39)35-11-10-24-22(18-35)26(19-6-8-20(9-7-19)27(29,30)31)32-36(24)17-21(37)16-33-12-14-34(15-13-33)25-5-3-2-4-23(25)28/h2-9,21,37H,10-18H2,1H3. The number of sulfonamides is 1. The lowest BCUT2D eigenvalue weighted by Gasteiger charge is -2.37. The van der Waals surface area contributed by atoms with E-state index in [9.17, 15) is 26.7 Å². The second-order valence-electron chi connectivity index (χ2n) is 10.3. The van der Waals surface area contributed by atoms with Gasteiger partial charge in [0.2, 0.25) is 10.0 Å². The smallest absolute Gasteiger partial charge is 0.390 e. The molecule has 3 heterocycles. The summed E-state index contributed by atoms with van der Waals surface area (Å²) in [6, 6.07) is 12.4. The van der Waals surface area contributed by atoms with Gasteiger partial charge >= 0.3 is 6.18 Å². The molecule has 40 heavy (non-hydrogen) atoms. The monoisotopic (exact) mass is 597 g/mol. The zero-order valence-corrected chi connectivity index (χ0v) is 23.6. The fourth-order valence-electron chi connectivity index (χ4n) is 5.38. The molecule has 2 aliphatic heterocycles. The zero-order valence-electron chi connectivity index (χ0n) is 22.0. The molecule has 0 bridgehead atoms. The SMILES string of the molecule is CS(=O)(=O)N1CCc2c(c(-c3ccc(C(F)(F)F)cc3)nn2CC(O)CN2CCN(c3ccccc3Cl)CC2)C1. The van der Waals surface area contributed by atoms with E-state index in [0.717, 1.165) is 55.9 Å². The normalized spacial score (nSPS) is 18.1. The van der Waals surface area contributed by atoms with Crippen molar-refractivity contribution >= 4 is 27.3 Å². The highest BCUT2D eigenvalue weighted by Gasteiger charge is 2.32. The number of aromatic nitrogens is 2. The third kappa shape index (κ3) is 6.31. The number of β-amino-alcohol motifs (C(OH)–C–C–N with tert-alkyl or cyclic N) is 1. The Balaban J connectivity index is 1.32. The molecule has 216 valence electrons. The van der Waals surface area contributed by atoms with E-state index in [4.69, 9.17) is 11.6 Å². The molecule has 1 fully saturated rings. The summed E-state index contributed by atoms with van der Waals surface area (Å²) in [7, 11) is -3.47. The number of para-hydroxylation sites is 1. The second kappa shape index (κ2) is 11.3. The third-order valence-corrected chi connectivity index (χ3v) is 9.04. The number of hydrogen-bond acceptors (Lipinski definition) is 6. The molecular formula is C27H31ClF3N5O3S. The molecule has 2 aliphatic rings. The minimum Gasteiger partial charge on any atom is -0.390 e. The van der Waals surface area contributed by atoms with E-state index < -0.39 is 27.9 Å². The van der Waals surface area contributed by atoms with Gasteiger partial charge in [-0.2, -0.15) is 22.6 Å². The van der Waals surface area contributed by atoms with E-state index in [1.165, 1.54) is 16.4 Å². The summed E-state index contributed by atoms with van der Waals surface area (Å²) >= 11 is 6.34. The van der Waals surface area contributed by atoms with Crippen molar-refractivity contribution in [2.45, 2.75) is 31.8 Å². The van der Waals surface area contributed by atoms with Gasteiger partial charge in [-0.25, -0.2) is 8.42 Å². The molecule has 0 saturated carbocycles. The van der Waals surface area contributed by atoms with Crippen LogP contribution in [0.25, 0.3) is 11.3 Å². The molecule has 0 spiro atoms. The van der Waals surface area contributed by atoms with Crippen LogP contribution in [0.2, 0.25) is 5.02 Å². The maximum Gasteiger partial charge on any atom is 0.416 e. The Labute approximate surface area is 236 Å². The van der Waals surface area contributed by atoms with Crippen LogP contribution in [0.5, 0.6) is 0 Å². The van der Waals surface area contributed by atoms with Gasteiger partial charge in [0.25, 0.3) is 0 Å². The molecule has 2 aromatic carbocycles.